The van der Waals surface area contributed by atoms with Crippen molar-refractivity contribution >= 4 is 23.4 Å². The predicted octanol–water partition coefficient (Wildman–Crippen LogP) is 5.13. The Labute approximate surface area is 197 Å². The molecule has 3 aromatic rings. The summed E-state index contributed by atoms with van der Waals surface area (Å²) in [5, 5.41) is 3.25. The highest BCUT2D eigenvalue weighted by atomic mass is 35.5. The number of nitrogens with zero attached hydrogens (tertiary/aromatic N) is 2. The molecule has 1 fully saturated rings. The van der Waals surface area contributed by atoms with E-state index >= 15 is 0 Å². The van der Waals surface area contributed by atoms with Crippen LogP contribution in [0.3, 0.4) is 0 Å². The third-order valence-corrected chi connectivity index (χ3v) is 6.31. The number of hydrogen-bond donors (Lipinski definition) is 1. The molecule has 170 valence electrons. The average Bonchev–Trinajstić information content (AvgIpc) is 2.83. The van der Waals surface area contributed by atoms with Gasteiger partial charge in [0.25, 0.3) is 11.8 Å². The van der Waals surface area contributed by atoms with Crippen LogP contribution in [0.4, 0.5) is 4.39 Å². The topological polar surface area (TPSA) is 62.3 Å². The number of nitrogens with one attached hydrogen (secondary N) is 1. The highest BCUT2D eigenvalue weighted by Gasteiger charge is 2.29. The molecule has 33 heavy (non-hydrogen) atoms. The Morgan fingerprint density at radius 1 is 1.03 bits per heavy atom. The summed E-state index contributed by atoms with van der Waals surface area (Å²) in [6.07, 6.45) is 1.39. The predicted molar refractivity (Wildman–Crippen MR) is 126 cm³/mol. The van der Waals surface area contributed by atoms with Gasteiger partial charge in [-0.25, -0.2) is 4.39 Å². The molecule has 0 atom stereocenters. The van der Waals surface area contributed by atoms with Gasteiger partial charge in [-0.1, -0.05) is 41.9 Å². The Morgan fingerprint density at radius 2 is 1.73 bits per heavy atom. The smallest absolute Gasteiger partial charge is 0.255 e. The summed E-state index contributed by atoms with van der Waals surface area (Å²) in [5.74, 6) is -0.667. The number of piperidine rings is 1. The number of pyridine rings is 1. The fourth-order valence-corrected chi connectivity index (χ4v) is 4.37. The van der Waals surface area contributed by atoms with Crippen LogP contribution in [0.2, 0.25) is 5.02 Å². The maximum absolute atomic E-state index is 13.9. The van der Waals surface area contributed by atoms with E-state index in [2.05, 4.69) is 10.3 Å². The van der Waals surface area contributed by atoms with Crippen molar-refractivity contribution in [1.82, 2.24) is 15.2 Å². The van der Waals surface area contributed by atoms with E-state index in [0.29, 0.717) is 47.6 Å². The lowest BCUT2D eigenvalue weighted by atomic mass is 9.89. The third-order valence-electron chi connectivity index (χ3n) is 5.98. The van der Waals surface area contributed by atoms with E-state index in [1.807, 2.05) is 6.92 Å². The fraction of sp³-hybridized carbons (Fsp3) is 0.269. The van der Waals surface area contributed by atoms with Crippen LogP contribution in [0.1, 0.15) is 56.4 Å². The van der Waals surface area contributed by atoms with Gasteiger partial charge in [-0.05, 0) is 50.1 Å². The highest BCUT2D eigenvalue weighted by Crippen LogP contribution is 2.31. The molecule has 0 radical (unpaired) electrons. The molecule has 7 heteroatoms. The molecular weight excluding hydrogens is 441 g/mol. The summed E-state index contributed by atoms with van der Waals surface area (Å²) >= 11 is 6.19. The van der Waals surface area contributed by atoms with Crippen molar-refractivity contribution in [3.63, 3.8) is 0 Å². The number of aryl methyl sites for hydroxylation is 1. The minimum atomic E-state index is -0.351. The summed E-state index contributed by atoms with van der Waals surface area (Å²) < 4.78 is 13.9. The molecule has 0 spiro atoms. The van der Waals surface area contributed by atoms with Gasteiger partial charge in [-0.2, -0.15) is 0 Å². The Bertz CT molecular complexity index is 1180. The number of benzene rings is 2. The van der Waals surface area contributed by atoms with Gasteiger partial charge < -0.3 is 10.2 Å². The maximum atomic E-state index is 13.9. The second-order valence-electron chi connectivity index (χ2n) is 8.21. The summed E-state index contributed by atoms with van der Waals surface area (Å²) in [4.78, 5) is 32.3. The first-order chi connectivity index (χ1) is 15.9. The molecule has 1 aromatic heterocycles. The van der Waals surface area contributed by atoms with Crippen LogP contribution in [-0.2, 0) is 6.54 Å². The molecule has 0 aliphatic carbocycles. The van der Waals surface area contributed by atoms with Crippen LogP contribution in [0.5, 0.6) is 0 Å². The van der Waals surface area contributed by atoms with Crippen molar-refractivity contribution < 1.29 is 14.0 Å². The van der Waals surface area contributed by atoms with Crippen LogP contribution < -0.4 is 5.32 Å². The van der Waals surface area contributed by atoms with Crippen LogP contribution in [0.15, 0.2) is 60.7 Å². The quantitative estimate of drug-likeness (QED) is 0.568. The number of halogens is 2. The Kier molecular flexibility index (Phi) is 7.04. The summed E-state index contributed by atoms with van der Waals surface area (Å²) in [6, 6.07) is 17.0. The van der Waals surface area contributed by atoms with Crippen molar-refractivity contribution in [3.05, 3.63) is 99.6 Å². The first kappa shape index (κ1) is 22.9. The van der Waals surface area contributed by atoms with Gasteiger partial charge in [-0.3, -0.25) is 14.6 Å². The zero-order valence-corrected chi connectivity index (χ0v) is 19.1. The molecule has 1 N–H and O–H groups in total. The monoisotopic (exact) mass is 465 g/mol. The molecule has 1 aliphatic heterocycles. The van der Waals surface area contributed by atoms with Crippen molar-refractivity contribution in [2.75, 3.05) is 13.1 Å². The summed E-state index contributed by atoms with van der Waals surface area (Å²) in [7, 11) is 0. The largest absolute Gasteiger partial charge is 0.348 e. The van der Waals surface area contributed by atoms with Crippen LogP contribution in [0.25, 0.3) is 0 Å². The van der Waals surface area contributed by atoms with Crippen molar-refractivity contribution in [2.24, 2.45) is 0 Å². The number of aromatic nitrogens is 1. The number of amides is 2. The zero-order chi connectivity index (χ0) is 23.4. The first-order valence-electron chi connectivity index (χ1n) is 11.0. The number of likely N-dealkylation sites (tertiary alicyclic amines) is 1. The molecule has 0 unspecified atom stereocenters. The molecular formula is C26H25ClFN3O2. The molecule has 1 aliphatic rings. The van der Waals surface area contributed by atoms with Crippen molar-refractivity contribution in [2.45, 2.75) is 32.2 Å². The lowest BCUT2D eigenvalue weighted by Crippen LogP contribution is -2.38. The van der Waals surface area contributed by atoms with E-state index in [4.69, 9.17) is 11.6 Å². The summed E-state index contributed by atoms with van der Waals surface area (Å²) in [5.41, 5.74) is 2.97. The van der Waals surface area contributed by atoms with E-state index in [9.17, 15) is 14.0 Å². The van der Waals surface area contributed by atoms with Crippen LogP contribution in [-0.4, -0.2) is 34.8 Å². The van der Waals surface area contributed by atoms with E-state index in [1.54, 1.807) is 59.5 Å². The van der Waals surface area contributed by atoms with Gasteiger partial charge in [0, 0.05) is 36.8 Å². The van der Waals surface area contributed by atoms with Gasteiger partial charge in [0.2, 0.25) is 0 Å². The number of carbonyl (C=O) groups excluding carboxylic acids is 2. The van der Waals surface area contributed by atoms with Crippen LogP contribution in [0, 0.1) is 12.7 Å². The second-order valence-corrected chi connectivity index (χ2v) is 8.61. The van der Waals surface area contributed by atoms with Gasteiger partial charge in [0.1, 0.15) is 5.82 Å². The average molecular weight is 466 g/mol. The highest BCUT2D eigenvalue weighted by molar-refractivity contribution is 6.33. The second kappa shape index (κ2) is 10.1. The minimum Gasteiger partial charge on any atom is -0.348 e. The summed E-state index contributed by atoms with van der Waals surface area (Å²) in [6.45, 7) is 3.10. The van der Waals surface area contributed by atoms with Gasteiger partial charge in [0.15, 0.2) is 0 Å². The van der Waals surface area contributed by atoms with Crippen molar-refractivity contribution in [3.8, 4) is 0 Å². The minimum absolute atomic E-state index is 0.0504. The zero-order valence-electron chi connectivity index (χ0n) is 18.4. The lowest BCUT2D eigenvalue weighted by molar-refractivity contribution is 0.0710. The van der Waals surface area contributed by atoms with E-state index in [0.717, 1.165) is 11.4 Å². The van der Waals surface area contributed by atoms with E-state index in [-0.39, 0.29) is 30.1 Å². The normalized spacial score (nSPS) is 14.2. The van der Waals surface area contributed by atoms with Gasteiger partial charge in [-0.15, -0.1) is 0 Å². The molecule has 2 heterocycles. The fourth-order valence-electron chi connectivity index (χ4n) is 4.15. The van der Waals surface area contributed by atoms with Crippen LogP contribution >= 0.6 is 11.6 Å². The number of hydrogen-bond acceptors (Lipinski definition) is 3. The van der Waals surface area contributed by atoms with E-state index < -0.39 is 0 Å². The number of carbonyl (C=O) groups is 2. The molecule has 0 bridgehead atoms. The first-order valence-corrected chi connectivity index (χ1v) is 11.3. The van der Waals surface area contributed by atoms with Crippen molar-refractivity contribution in [1.29, 1.82) is 0 Å². The molecule has 2 amide bonds. The van der Waals surface area contributed by atoms with Gasteiger partial charge in [0.05, 0.1) is 21.8 Å². The van der Waals surface area contributed by atoms with E-state index in [1.165, 1.54) is 6.07 Å². The maximum Gasteiger partial charge on any atom is 0.255 e. The Balaban J connectivity index is 1.46. The SMILES string of the molecule is Cc1ccc(C(=O)NCc2ccccc2F)c(C2CCN(C(=O)c3ccccc3Cl)CC2)n1. The number of rotatable bonds is 5. The molecule has 4 rings (SSSR count). The Hall–Kier alpha value is -3.25. The molecule has 2 aromatic carbocycles. The molecule has 0 saturated carbocycles. The Morgan fingerprint density at radius 3 is 2.45 bits per heavy atom. The third kappa shape index (κ3) is 5.22. The molecule has 5 nitrogen and oxygen atoms in total. The lowest BCUT2D eigenvalue weighted by Gasteiger charge is -2.32. The van der Waals surface area contributed by atoms with Gasteiger partial charge >= 0.3 is 0 Å². The standard InChI is InChI=1S/C26H25ClFN3O2/c1-17-10-11-21(25(32)29-16-19-6-2-5-9-23(19)28)24(30-17)18-12-14-31(15-13-18)26(33)20-7-3-4-8-22(20)27/h2-11,18H,12-16H2,1H3,(H,29,32). The molecule has 1 saturated heterocycles.